The Balaban J connectivity index is 1.97. The predicted molar refractivity (Wildman–Crippen MR) is 80.9 cm³/mol. The van der Waals surface area contributed by atoms with Gasteiger partial charge in [-0.25, -0.2) is 4.98 Å². The molecule has 3 aromatic rings. The van der Waals surface area contributed by atoms with E-state index in [1.807, 2.05) is 61.5 Å². The smallest absolute Gasteiger partial charge is 0.257 e. The third-order valence-corrected chi connectivity index (χ3v) is 3.16. The lowest BCUT2D eigenvalue weighted by Crippen LogP contribution is -2.13. The van der Waals surface area contributed by atoms with Crippen LogP contribution in [0, 0.1) is 6.92 Å². The number of rotatable bonds is 2. The molecule has 20 heavy (non-hydrogen) atoms. The third-order valence-electron chi connectivity index (χ3n) is 3.16. The van der Waals surface area contributed by atoms with Gasteiger partial charge in [0.25, 0.3) is 5.91 Å². The van der Waals surface area contributed by atoms with E-state index < -0.39 is 0 Å². The first-order chi connectivity index (χ1) is 9.74. The van der Waals surface area contributed by atoms with Gasteiger partial charge in [-0.3, -0.25) is 4.79 Å². The van der Waals surface area contributed by atoms with Crippen molar-refractivity contribution in [3.05, 3.63) is 71.9 Å². The first kappa shape index (κ1) is 12.4. The summed E-state index contributed by atoms with van der Waals surface area (Å²) in [5.74, 6) is 0.433. The zero-order valence-electron chi connectivity index (χ0n) is 11.1. The molecule has 0 unspecified atom stereocenters. The number of anilines is 1. The number of nitrogens with zero attached hydrogens (tertiary/aromatic N) is 1. The van der Waals surface area contributed by atoms with Crippen LogP contribution in [0.15, 0.2) is 60.7 Å². The van der Waals surface area contributed by atoms with Crippen molar-refractivity contribution >= 4 is 22.5 Å². The first-order valence-electron chi connectivity index (χ1n) is 6.47. The molecule has 0 aliphatic carbocycles. The zero-order chi connectivity index (χ0) is 13.9. The van der Waals surface area contributed by atoms with E-state index in [1.54, 1.807) is 6.07 Å². The lowest BCUT2D eigenvalue weighted by Gasteiger charge is -2.08. The van der Waals surface area contributed by atoms with Crippen LogP contribution < -0.4 is 5.32 Å². The fraction of sp³-hybridized carbons (Fsp3) is 0.0588. The molecule has 0 fully saturated rings. The topological polar surface area (TPSA) is 42.0 Å². The second-order valence-corrected chi connectivity index (χ2v) is 4.65. The van der Waals surface area contributed by atoms with Gasteiger partial charge < -0.3 is 5.32 Å². The number of benzene rings is 2. The average molecular weight is 262 g/mol. The standard InChI is InChI=1S/C17H14N2O/c1-12-6-4-11-16(18-12)19-17(20)15-10-5-8-13-7-2-3-9-14(13)15/h2-11H,1H3,(H,18,19,20). The van der Waals surface area contributed by atoms with Crippen LogP contribution in [-0.4, -0.2) is 10.9 Å². The van der Waals surface area contributed by atoms with Gasteiger partial charge in [0.1, 0.15) is 5.82 Å². The number of carbonyl (C=O) groups excluding carboxylic acids is 1. The van der Waals surface area contributed by atoms with Crippen molar-refractivity contribution in [3.63, 3.8) is 0 Å². The van der Waals surface area contributed by atoms with Crippen LogP contribution in [0.5, 0.6) is 0 Å². The second kappa shape index (κ2) is 5.13. The van der Waals surface area contributed by atoms with Gasteiger partial charge in [0.05, 0.1) is 0 Å². The fourth-order valence-corrected chi connectivity index (χ4v) is 2.22. The average Bonchev–Trinajstić information content (AvgIpc) is 2.46. The third kappa shape index (κ3) is 2.38. The second-order valence-electron chi connectivity index (χ2n) is 4.65. The summed E-state index contributed by atoms with van der Waals surface area (Å²) in [6.45, 7) is 1.90. The molecule has 0 bridgehead atoms. The Morgan fingerprint density at radius 2 is 1.70 bits per heavy atom. The maximum absolute atomic E-state index is 12.4. The molecule has 0 saturated heterocycles. The molecule has 1 aromatic heterocycles. The van der Waals surface area contributed by atoms with Gasteiger partial charge in [-0.05, 0) is 35.9 Å². The van der Waals surface area contributed by atoms with E-state index in [1.165, 1.54) is 0 Å². The SMILES string of the molecule is Cc1cccc(NC(=O)c2cccc3ccccc23)n1. The maximum atomic E-state index is 12.4. The van der Waals surface area contributed by atoms with E-state index in [2.05, 4.69) is 10.3 Å². The predicted octanol–water partition coefficient (Wildman–Crippen LogP) is 3.80. The minimum atomic E-state index is -0.139. The molecule has 1 N–H and O–H groups in total. The number of carbonyl (C=O) groups is 1. The number of amides is 1. The van der Waals surface area contributed by atoms with Crippen molar-refractivity contribution < 1.29 is 4.79 Å². The Kier molecular flexibility index (Phi) is 3.17. The van der Waals surface area contributed by atoms with Crippen LogP contribution in [0.1, 0.15) is 16.1 Å². The summed E-state index contributed by atoms with van der Waals surface area (Å²) in [6, 6.07) is 19.1. The molecule has 1 amide bonds. The molecule has 98 valence electrons. The van der Waals surface area contributed by atoms with Crippen LogP contribution in [-0.2, 0) is 0 Å². The summed E-state index contributed by atoms with van der Waals surface area (Å²) in [5, 5.41) is 4.84. The summed E-state index contributed by atoms with van der Waals surface area (Å²) >= 11 is 0. The van der Waals surface area contributed by atoms with Gasteiger partial charge in [0.2, 0.25) is 0 Å². The number of hydrogen-bond donors (Lipinski definition) is 1. The van der Waals surface area contributed by atoms with Gasteiger partial charge in [0.15, 0.2) is 0 Å². The normalized spacial score (nSPS) is 10.4. The molecule has 3 heteroatoms. The molecule has 2 aromatic carbocycles. The van der Waals surface area contributed by atoms with Crippen LogP contribution in [0.3, 0.4) is 0 Å². The summed E-state index contributed by atoms with van der Waals surface area (Å²) in [4.78, 5) is 16.7. The number of aromatic nitrogens is 1. The number of pyridine rings is 1. The molecule has 3 rings (SSSR count). The molecule has 0 aliphatic rings. The van der Waals surface area contributed by atoms with Crippen LogP contribution in [0.25, 0.3) is 10.8 Å². The Morgan fingerprint density at radius 1 is 0.950 bits per heavy atom. The molecule has 0 saturated carbocycles. The van der Waals surface area contributed by atoms with Crippen molar-refractivity contribution in [3.8, 4) is 0 Å². The van der Waals surface area contributed by atoms with Gasteiger partial charge >= 0.3 is 0 Å². The van der Waals surface area contributed by atoms with Crippen molar-refractivity contribution in [1.82, 2.24) is 4.98 Å². The summed E-state index contributed by atoms with van der Waals surface area (Å²) in [5.41, 5.74) is 1.53. The van der Waals surface area contributed by atoms with E-state index in [4.69, 9.17) is 0 Å². The first-order valence-corrected chi connectivity index (χ1v) is 6.47. The number of aryl methyl sites for hydroxylation is 1. The highest BCUT2D eigenvalue weighted by Crippen LogP contribution is 2.19. The number of hydrogen-bond acceptors (Lipinski definition) is 2. The minimum absolute atomic E-state index is 0.139. The van der Waals surface area contributed by atoms with Crippen LogP contribution in [0.4, 0.5) is 5.82 Å². The van der Waals surface area contributed by atoms with Gasteiger partial charge in [-0.1, -0.05) is 42.5 Å². The molecular formula is C17H14N2O. The van der Waals surface area contributed by atoms with E-state index in [0.717, 1.165) is 16.5 Å². The largest absolute Gasteiger partial charge is 0.307 e. The van der Waals surface area contributed by atoms with E-state index in [-0.39, 0.29) is 5.91 Å². The Hall–Kier alpha value is -2.68. The zero-order valence-corrected chi connectivity index (χ0v) is 11.1. The highest BCUT2D eigenvalue weighted by atomic mass is 16.1. The fourth-order valence-electron chi connectivity index (χ4n) is 2.22. The highest BCUT2D eigenvalue weighted by molar-refractivity contribution is 6.12. The Morgan fingerprint density at radius 3 is 2.55 bits per heavy atom. The highest BCUT2D eigenvalue weighted by Gasteiger charge is 2.10. The van der Waals surface area contributed by atoms with Crippen LogP contribution in [0.2, 0.25) is 0 Å². The minimum Gasteiger partial charge on any atom is -0.307 e. The lowest BCUT2D eigenvalue weighted by atomic mass is 10.0. The maximum Gasteiger partial charge on any atom is 0.257 e. The molecular weight excluding hydrogens is 248 g/mol. The van der Waals surface area contributed by atoms with E-state index in [9.17, 15) is 4.79 Å². The lowest BCUT2D eigenvalue weighted by molar-refractivity contribution is 0.102. The molecule has 0 radical (unpaired) electrons. The van der Waals surface area contributed by atoms with Gasteiger partial charge in [-0.2, -0.15) is 0 Å². The summed E-state index contributed by atoms with van der Waals surface area (Å²) < 4.78 is 0. The van der Waals surface area contributed by atoms with Gasteiger partial charge in [-0.15, -0.1) is 0 Å². The quantitative estimate of drug-likeness (QED) is 0.763. The summed E-state index contributed by atoms with van der Waals surface area (Å²) in [7, 11) is 0. The van der Waals surface area contributed by atoms with Crippen LogP contribution >= 0.6 is 0 Å². The molecule has 0 aliphatic heterocycles. The van der Waals surface area contributed by atoms with Crippen molar-refractivity contribution in [1.29, 1.82) is 0 Å². The molecule has 1 heterocycles. The number of fused-ring (bicyclic) bond motifs is 1. The Bertz CT molecular complexity index is 775. The monoisotopic (exact) mass is 262 g/mol. The molecule has 0 atom stereocenters. The van der Waals surface area contributed by atoms with Crippen molar-refractivity contribution in [2.24, 2.45) is 0 Å². The Labute approximate surface area is 117 Å². The van der Waals surface area contributed by atoms with E-state index >= 15 is 0 Å². The number of nitrogens with one attached hydrogen (secondary N) is 1. The van der Waals surface area contributed by atoms with E-state index in [0.29, 0.717) is 11.4 Å². The molecule has 0 spiro atoms. The molecule has 3 nitrogen and oxygen atoms in total. The summed E-state index contributed by atoms with van der Waals surface area (Å²) in [6.07, 6.45) is 0. The van der Waals surface area contributed by atoms with Crippen molar-refractivity contribution in [2.75, 3.05) is 5.32 Å². The van der Waals surface area contributed by atoms with Gasteiger partial charge in [0, 0.05) is 11.3 Å². The van der Waals surface area contributed by atoms with Crippen molar-refractivity contribution in [2.45, 2.75) is 6.92 Å².